The number of nitrogens with one attached hydrogen (secondary N) is 1. The van der Waals surface area contributed by atoms with Gasteiger partial charge in [0, 0.05) is 19.5 Å². The average Bonchev–Trinajstić information content (AvgIpc) is 3.03. The fourth-order valence-electron chi connectivity index (χ4n) is 3.66. The zero-order chi connectivity index (χ0) is 18.5. The minimum Gasteiger partial charge on any atom is -0.349 e. The molecule has 0 spiro atoms. The van der Waals surface area contributed by atoms with Crippen LogP contribution in [0.4, 0.5) is 0 Å². The second-order valence-electron chi connectivity index (χ2n) is 7.03. The van der Waals surface area contributed by atoms with Gasteiger partial charge in [0.25, 0.3) is 0 Å². The van der Waals surface area contributed by atoms with Crippen LogP contribution in [0.1, 0.15) is 51.3 Å². The summed E-state index contributed by atoms with van der Waals surface area (Å²) in [5.41, 5.74) is 1.78. The fraction of sp³-hybridized carbons (Fsp3) is 0.550. The third kappa shape index (κ3) is 4.06. The molecule has 0 unspecified atom stereocenters. The van der Waals surface area contributed by atoms with Gasteiger partial charge in [0.1, 0.15) is 12.4 Å². The highest BCUT2D eigenvalue weighted by Gasteiger charge is 2.23. The van der Waals surface area contributed by atoms with E-state index in [1.807, 2.05) is 47.7 Å². The Labute approximate surface area is 154 Å². The van der Waals surface area contributed by atoms with Crippen LogP contribution in [0.15, 0.2) is 24.3 Å². The molecule has 0 saturated heterocycles. The van der Waals surface area contributed by atoms with E-state index in [2.05, 4.69) is 10.3 Å². The zero-order valence-corrected chi connectivity index (χ0v) is 15.7. The summed E-state index contributed by atoms with van der Waals surface area (Å²) >= 11 is 0. The second kappa shape index (κ2) is 8.34. The first-order valence-corrected chi connectivity index (χ1v) is 9.56. The molecule has 1 aliphatic carbocycles. The van der Waals surface area contributed by atoms with E-state index in [1.165, 1.54) is 19.3 Å². The molecule has 1 fully saturated rings. The van der Waals surface area contributed by atoms with Crippen molar-refractivity contribution in [2.45, 2.75) is 64.6 Å². The molecule has 3 rings (SSSR count). The molecular weight excluding hydrogens is 328 g/mol. The highest BCUT2D eigenvalue weighted by atomic mass is 16.2. The quantitative estimate of drug-likeness (QED) is 0.865. The summed E-state index contributed by atoms with van der Waals surface area (Å²) in [6.45, 7) is 2.41. The normalized spacial score (nSPS) is 15.2. The van der Waals surface area contributed by atoms with Gasteiger partial charge in [-0.15, -0.1) is 0 Å². The van der Waals surface area contributed by atoms with Gasteiger partial charge >= 0.3 is 0 Å². The van der Waals surface area contributed by atoms with E-state index in [0.29, 0.717) is 19.0 Å². The van der Waals surface area contributed by atoms with Crippen molar-refractivity contribution in [1.29, 1.82) is 0 Å². The molecule has 1 heterocycles. The minimum atomic E-state index is -0.0192. The summed E-state index contributed by atoms with van der Waals surface area (Å²) in [5.74, 6) is 0.802. The standard InChI is InChI=1S/C20H28N4O2/c1-3-19(25)21-13-18-22-16-11-7-8-12-17(16)24(18)14-20(26)23(2)15-9-5-4-6-10-15/h7-8,11-12,15H,3-6,9-10,13-14H2,1-2H3,(H,21,25). The van der Waals surface area contributed by atoms with E-state index in [9.17, 15) is 9.59 Å². The van der Waals surface area contributed by atoms with Gasteiger partial charge in [0.2, 0.25) is 11.8 Å². The number of likely N-dealkylation sites (N-methyl/N-ethyl adjacent to an activating group) is 1. The smallest absolute Gasteiger partial charge is 0.242 e. The number of carbonyl (C=O) groups is 2. The Kier molecular flexibility index (Phi) is 5.91. The van der Waals surface area contributed by atoms with E-state index in [1.54, 1.807) is 0 Å². The van der Waals surface area contributed by atoms with Gasteiger partial charge in [-0.05, 0) is 25.0 Å². The van der Waals surface area contributed by atoms with Crippen molar-refractivity contribution in [3.63, 3.8) is 0 Å². The number of imidazole rings is 1. The van der Waals surface area contributed by atoms with Crippen LogP contribution in [-0.4, -0.2) is 39.4 Å². The van der Waals surface area contributed by atoms with Crippen LogP contribution in [0.3, 0.4) is 0 Å². The molecule has 0 aliphatic heterocycles. The van der Waals surface area contributed by atoms with E-state index in [4.69, 9.17) is 0 Å². The lowest BCUT2D eigenvalue weighted by Gasteiger charge is -2.31. The second-order valence-corrected chi connectivity index (χ2v) is 7.03. The Balaban J connectivity index is 1.80. The van der Waals surface area contributed by atoms with Crippen molar-refractivity contribution in [3.05, 3.63) is 30.1 Å². The molecule has 0 atom stereocenters. The topological polar surface area (TPSA) is 67.2 Å². The van der Waals surface area contributed by atoms with Gasteiger partial charge in [-0.2, -0.15) is 0 Å². The highest BCUT2D eigenvalue weighted by molar-refractivity contribution is 5.81. The van der Waals surface area contributed by atoms with Crippen molar-refractivity contribution in [2.24, 2.45) is 0 Å². The molecule has 2 aromatic rings. The van der Waals surface area contributed by atoms with Crippen molar-refractivity contribution < 1.29 is 9.59 Å². The molecule has 1 aliphatic rings. The number of fused-ring (bicyclic) bond motifs is 1. The van der Waals surface area contributed by atoms with Gasteiger partial charge in [-0.3, -0.25) is 9.59 Å². The third-order valence-corrected chi connectivity index (χ3v) is 5.31. The van der Waals surface area contributed by atoms with Crippen LogP contribution in [0, 0.1) is 0 Å². The first-order chi connectivity index (χ1) is 12.6. The van der Waals surface area contributed by atoms with Gasteiger partial charge in [0.15, 0.2) is 0 Å². The molecule has 1 aromatic heterocycles. The van der Waals surface area contributed by atoms with Crippen molar-refractivity contribution in [2.75, 3.05) is 7.05 Å². The Hall–Kier alpha value is -2.37. The number of rotatable bonds is 6. The Bertz CT molecular complexity index is 777. The number of benzene rings is 1. The van der Waals surface area contributed by atoms with Gasteiger partial charge in [0.05, 0.1) is 17.6 Å². The fourth-order valence-corrected chi connectivity index (χ4v) is 3.66. The van der Waals surface area contributed by atoms with E-state index in [-0.39, 0.29) is 18.4 Å². The van der Waals surface area contributed by atoms with E-state index < -0.39 is 0 Å². The lowest BCUT2D eigenvalue weighted by molar-refractivity contribution is -0.133. The van der Waals surface area contributed by atoms with Crippen molar-refractivity contribution >= 4 is 22.8 Å². The number of amides is 2. The summed E-state index contributed by atoms with van der Waals surface area (Å²) in [5, 5.41) is 2.87. The van der Waals surface area contributed by atoms with Crippen LogP contribution >= 0.6 is 0 Å². The highest BCUT2D eigenvalue weighted by Crippen LogP contribution is 2.22. The molecule has 6 heteroatoms. The first-order valence-electron chi connectivity index (χ1n) is 9.56. The average molecular weight is 356 g/mol. The summed E-state index contributed by atoms with van der Waals surface area (Å²) in [4.78, 5) is 31.0. The number of aromatic nitrogens is 2. The maximum Gasteiger partial charge on any atom is 0.242 e. The Morgan fingerprint density at radius 2 is 1.96 bits per heavy atom. The molecular formula is C20H28N4O2. The number of nitrogens with zero attached hydrogens (tertiary/aromatic N) is 3. The van der Waals surface area contributed by atoms with Crippen LogP contribution in [0.5, 0.6) is 0 Å². The van der Waals surface area contributed by atoms with E-state index in [0.717, 1.165) is 29.7 Å². The molecule has 1 aromatic carbocycles. The molecule has 0 bridgehead atoms. The van der Waals surface area contributed by atoms with Crippen LogP contribution in [0.25, 0.3) is 11.0 Å². The molecule has 0 radical (unpaired) electrons. The molecule has 140 valence electrons. The molecule has 1 N–H and O–H groups in total. The predicted molar refractivity (Wildman–Crippen MR) is 102 cm³/mol. The minimum absolute atomic E-state index is 0.0192. The van der Waals surface area contributed by atoms with Gasteiger partial charge < -0.3 is 14.8 Å². The van der Waals surface area contributed by atoms with Crippen LogP contribution < -0.4 is 5.32 Å². The van der Waals surface area contributed by atoms with Gasteiger partial charge in [-0.25, -0.2) is 4.98 Å². The zero-order valence-electron chi connectivity index (χ0n) is 15.7. The Morgan fingerprint density at radius 3 is 2.69 bits per heavy atom. The summed E-state index contributed by atoms with van der Waals surface area (Å²) in [7, 11) is 1.91. The lowest BCUT2D eigenvalue weighted by atomic mass is 9.94. The predicted octanol–water partition coefficient (Wildman–Crippen LogP) is 2.85. The molecule has 1 saturated carbocycles. The molecule has 26 heavy (non-hydrogen) atoms. The Morgan fingerprint density at radius 1 is 1.23 bits per heavy atom. The summed E-state index contributed by atoms with van der Waals surface area (Å²) in [6, 6.07) is 8.14. The van der Waals surface area contributed by atoms with Crippen molar-refractivity contribution in [1.82, 2.24) is 19.8 Å². The lowest BCUT2D eigenvalue weighted by Crippen LogP contribution is -2.40. The maximum absolute atomic E-state index is 12.9. The number of hydrogen-bond donors (Lipinski definition) is 1. The molecule has 2 amide bonds. The summed E-state index contributed by atoms with van der Waals surface area (Å²) < 4.78 is 1.94. The van der Waals surface area contributed by atoms with Crippen LogP contribution in [0.2, 0.25) is 0 Å². The van der Waals surface area contributed by atoms with Crippen LogP contribution in [-0.2, 0) is 22.7 Å². The maximum atomic E-state index is 12.9. The monoisotopic (exact) mass is 356 g/mol. The number of carbonyl (C=O) groups excluding carboxylic acids is 2. The largest absolute Gasteiger partial charge is 0.349 e. The molecule has 6 nitrogen and oxygen atoms in total. The number of para-hydroxylation sites is 2. The third-order valence-electron chi connectivity index (χ3n) is 5.31. The van der Waals surface area contributed by atoms with Crippen molar-refractivity contribution in [3.8, 4) is 0 Å². The van der Waals surface area contributed by atoms with E-state index >= 15 is 0 Å². The van der Waals surface area contributed by atoms with Gasteiger partial charge in [-0.1, -0.05) is 38.3 Å². The summed E-state index contributed by atoms with van der Waals surface area (Å²) in [6.07, 6.45) is 6.28. The first kappa shape index (κ1) is 18.4. The number of hydrogen-bond acceptors (Lipinski definition) is 3. The SMILES string of the molecule is CCC(=O)NCc1nc2ccccc2n1CC(=O)N(C)C1CCCCC1.